The Morgan fingerprint density at radius 3 is 2.75 bits per heavy atom. The van der Waals surface area contributed by atoms with Crippen molar-refractivity contribution >= 4 is 28.6 Å². The third-order valence-electron chi connectivity index (χ3n) is 2.45. The number of carboxylic acids is 1. The van der Waals surface area contributed by atoms with Gasteiger partial charge in [-0.2, -0.15) is 0 Å². The van der Waals surface area contributed by atoms with Crippen molar-refractivity contribution in [3.8, 4) is 0 Å². The highest BCUT2D eigenvalue weighted by atomic mass is 35.5. The smallest absolute Gasteiger partial charge is 0.337 e. The molecule has 1 N–H and O–H groups in total. The zero-order chi connectivity index (χ0) is 11.9. The first-order valence-corrected chi connectivity index (χ1v) is 5.28. The second-order valence-electron chi connectivity index (χ2n) is 3.87. The number of halogens is 1. The molecule has 1 heterocycles. The zero-order valence-electron chi connectivity index (χ0n) is 8.94. The molecule has 0 saturated carbocycles. The minimum Gasteiger partial charge on any atom is -0.478 e. The summed E-state index contributed by atoms with van der Waals surface area (Å²) in [7, 11) is 0. The van der Waals surface area contributed by atoms with E-state index in [0.29, 0.717) is 5.52 Å². The highest BCUT2D eigenvalue weighted by Gasteiger charge is 2.13. The number of carbonyl (C=O) groups is 1. The van der Waals surface area contributed by atoms with E-state index in [-0.39, 0.29) is 16.6 Å². The number of benzene rings is 1. The number of hydrogen-bond donors (Lipinski definition) is 1. The molecular weight excluding hydrogens is 228 g/mol. The third-order valence-corrected chi connectivity index (χ3v) is 2.76. The number of imidazole rings is 1. The molecule has 2 rings (SSSR count). The van der Waals surface area contributed by atoms with Crippen molar-refractivity contribution in [1.29, 1.82) is 0 Å². The summed E-state index contributed by atoms with van der Waals surface area (Å²) >= 11 is 5.91. The van der Waals surface area contributed by atoms with Crippen LogP contribution in [0.1, 0.15) is 30.2 Å². The standard InChI is InChI=1S/C11H11ClN2O2/c1-6(2)14-5-13-9-3-7(11(15)16)8(12)4-10(9)14/h3-6H,1-2H3,(H,15,16). The molecule has 0 saturated heterocycles. The number of rotatable bonds is 2. The van der Waals surface area contributed by atoms with E-state index in [1.54, 1.807) is 12.4 Å². The summed E-state index contributed by atoms with van der Waals surface area (Å²) in [5.41, 5.74) is 1.59. The summed E-state index contributed by atoms with van der Waals surface area (Å²) in [6, 6.07) is 3.41. The monoisotopic (exact) mass is 238 g/mol. The zero-order valence-corrected chi connectivity index (χ0v) is 9.69. The summed E-state index contributed by atoms with van der Waals surface area (Å²) in [6.45, 7) is 4.06. The Labute approximate surface area is 97.5 Å². The average molecular weight is 239 g/mol. The van der Waals surface area contributed by atoms with Crippen molar-refractivity contribution in [1.82, 2.24) is 9.55 Å². The van der Waals surface area contributed by atoms with Gasteiger partial charge in [-0.15, -0.1) is 0 Å². The predicted octanol–water partition coefficient (Wildman–Crippen LogP) is 2.97. The highest BCUT2D eigenvalue weighted by Crippen LogP contribution is 2.25. The van der Waals surface area contributed by atoms with Crippen molar-refractivity contribution in [3.63, 3.8) is 0 Å². The Kier molecular flexibility index (Phi) is 2.59. The Hall–Kier alpha value is -1.55. The topological polar surface area (TPSA) is 55.1 Å². The van der Waals surface area contributed by atoms with Crippen molar-refractivity contribution in [3.05, 3.63) is 29.0 Å². The SMILES string of the molecule is CC(C)n1cnc2cc(C(=O)O)c(Cl)cc21. The first kappa shape index (κ1) is 11.0. The van der Waals surface area contributed by atoms with E-state index in [9.17, 15) is 4.79 Å². The fraction of sp³-hybridized carbons (Fsp3) is 0.273. The second-order valence-corrected chi connectivity index (χ2v) is 4.28. The molecule has 84 valence electrons. The van der Waals surface area contributed by atoms with Crippen molar-refractivity contribution in [2.45, 2.75) is 19.9 Å². The number of aromatic nitrogens is 2. The van der Waals surface area contributed by atoms with Gasteiger partial charge in [0.1, 0.15) is 0 Å². The van der Waals surface area contributed by atoms with Crippen LogP contribution >= 0.6 is 11.6 Å². The van der Waals surface area contributed by atoms with E-state index in [0.717, 1.165) is 5.52 Å². The number of carboxylic acid groups (broad SMARTS) is 1. The lowest BCUT2D eigenvalue weighted by Crippen LogP contribution is -2.00. The minimum atomic E-state index is -1.04. The van der Waals surface area contributed by atoms with Crippen LogP contribution in [0.25, 0.3) is 11.0 Å². The molecule has 0 aliphatic carbocycles. The average Bonchev–Trinajstić information content (AvgIpc) is 2.58. The number of aromatic carboxylic acids is 1. The number of nitrogens with zero attached hydrogens (tertiary/aromatic N) is 2. The second kappa shape index (κ2) is 3.79. The van der Waals surface area contributed by atoms with Crippen LogP contribution in [0.3, 0.4) is 0 Å². The minimum absolute atomic E-state index is 0.0863. The van der Waals surface area contributed by atoms with Crippen molar-refractivity contribution in [2.75, 3.05) is 0 Å². The van der Waals surface area contributed by atoms with E-state index in [1.807, 2.05) is 18.4 Å². The van der Waals surface area contributed by atoms with Gasteiger partial charge in [0.2, 0.25) is 0 Å². The Balaban J connectivity index is 2.71. The molecular formula is C11H11ClN2O2. The summed E-state index contributed by atoms with van der Waals surface area (Å²) in [5, 5.41) is 9.16. The molecule has 0 aliphatic heterocycles. The van der Waals surface area contributed by atoms with Crippen LogP contribution in [-0.4, -0.2) is 20.6 Å². The van der Waals surface area contributed by atoms with Gasteiger partial charge in [0.25, 0.3) is 0 Å². The number of hydrogen-bond acceptors (Lipinski definition) is 2. The molecule has 5 heteroatoms. The van der Waals surface area contributed by atoms with Gasteiger partial charge in [-0.25, -0.2) is 9.78 Å². The van der Waals surface area contributed by atoms with E-state index < -0.39 is 5.97 Å². The molecule has 1 aromatic carbocycles. The molecule has 2 aromatic rings. The van der Waals surface area contributed by atoms with Crippen LogP contribution in [0.2, 0.25) is 5.02 Å². The molecule has 1 aromatic heterocycles. The lowest BCUT2D eigenvalue weighted by Gasteiger charge is -2.08. The first-order valence-electron chi connectivity index (χ1n) is 4.90. The lowest BCUT2D eigenvalue weighted by atomic mass is 10.2. The van der Waals surface area contributed by atoms with E-state index in [1.165, 1.54) is 6.07 Å². The molecule has 0 radical (unpaired) electrons. The molecule has 0 spiro atoms. The van der Waals surface area contributed by atoms with E-state index in [4.69, 9.17) is 16.7 Å². The third kappa shape index (κ3) is 1.65. The summed E-state index contributed by atoms with van der Waals surface area (Å²) in [5.74, 6) is -1.04. The maximum absolute atomic E-state index is 10.9. The maximum Gasteiger partial charge on any atom is 0.337 e. The largest absolute Gasteiger partial charge is 0.478 e. The van der Waals surface area contributed by atoms with Crippen LogP contribution in [0, 0.1) is 0 Å². The van der Waals surface area contributed by atoms with E-state index >= 15 is 0 Å². The van der Waals surface area contributed by atoms with Crippen LogP contribution in [0.15, 0.2) is 18.5 Å². The Bertz CT molecular complexity index is 560. The van der Waals surface area contributed by atoms with Crippen LogP contribution in [-0.2, 0) is 0 Å². The van der Waals surface area contributed by atoms with Gasteiger partial charge in [-0.05, 0) is 26.0 Å². The summed E-state index contributed by atoms with van der Waals surface area (Å²) < 4.78 is 1.95. The van der Waals surface area contributed by atoms with Crippen LogP contribution < -0.4 is 0 Å². The summed E-state index contributed by atoms with van der Waals surface area (Å²) in [4.78, 5) is 15.1. The number of fused-ring (bicyclic) bond motifs is 1. The van der Waals surface area contributed by atoms with Gasteiger partial charge >= 0.3 is 5.97 Å². The molecule has 0 aliphatic rings. The quantitative estimate of drug-likeness (QED) is 0.875. The van der Waals surface area contributed by atoms with Gasteiger partial charge < -0.3 is 9.67 Å². The molecule has 0 amide bonds. The van der Waals surface area contributed by atoms with Crippen LogP contribution in [0.4, 0.5) is 0 Å². The van der Waals surface area contributed by atoms with Crippen molar-refractivity contribution in [2.24, 2.45) is 0 Å². The normalized spacial score (nSPS) is 11.2. The van der Waals surface area contributed by atoms with Gasteiger partial charge in [0, 0.05) is 6.04 Å². The fourth-order valence-corrected chi connectivity index (χ4v) is 1.86. The van der Waals surface area contributed by atoms with Gasteiger partial charge in [0.05, 0.1) is 27.9 Å². The summed E-state index contributed by atoms with van der Waals surface area (Å²) in [6.07, 6.45) is 1.69. The van der Waals surface area contributed by atoms with E-state index in [2.05, 4.69) is 4.98 Å². The molecule has 4 nitrogen and oxygen atoms in total. The maximum atomic E-state index is 10.9. The Morgan fingerprint density at radius 2 is 2.19 bits per heavy atom. The molecule has 0 unspecified atom stereocenters. The first-order chi connectivity index (χ1) is 7.50. The Morgan fingerprint density at radius 1 is 1.50 bits per heavy atom. The van der Waals surface area contributed by atoms with Gasteiger partial charge in [-0.1, -0.05) is 11.6 Å². The molecule has 0 atom stereocenters. The molecule has 0 bridgehead atoms. The molecule has 0 fully saturated rings. The van der Waals surface area contributed by atoms with Gasteiger partial charge in [-0.3, -0.25) is 0 Å². The molecule has 16 heavy (non-hydrogen) atoms. The van der Waals surface area contributed by atoms with Crippen LogP contribution in [0.5, 0.6) is 0 Å². The fourth-order valence-electron chi connectivity index (χ4n) is 1.62. The predicted molar refractivity (Wildman–Crippen MR) is 62.1 cm³/mol. The van der Waals surface area contributed by atoms with Gasteiger partial charge in [0.15, 0.2) is 0 Å². The lowest BCUT2D eigenvalue weighted by molar-refractivity contribution is 0.0697. The highest BCUT2D eigenvalue weighted by molar-refractivity contribution is 6.34. The van der Waals surface area contributed by atoms with Crippen molar-refractivity contribution < 1.29 is 9.90 Å².